The van der Waals surface area contributed by atoms with Gasteiger partial charge in [0.2, 0.25) is 0 Å². The minimum Gasteiger partial charge on any atom is -0.297 e. The summed E-state index contributed by atoms with van der Waals surface area (Å²) in [6, 6.07) is 4.05. The van der Waals surface area contributed by atoms with Crippen molar-refractivity contribution in [2.45, 2.75) is 59.4 Å². The summed E-state index contributed by atoms with van der Waals surface area (Å²) in [6.07, 6.45) is 4.11. The van der Waals surface area contributed by atoms with Crippen molar-refractivity contribution < 1.29 is 4.79 Å². The van der Waals surface area contributed by atoms with E-state index in [-0.39, 0.29) is 11.3 Å². The normalized spacial score (nSPS) is 14.3. The lowest BCUT2D eigenvalue weighted by Crippen LogP contribution is -2.52. The molecule has 0 spiro atoms. The first-order valence-electron chi connectivity index (χ1n) is 7.73. The molecule has 1 aromatic heterocycles. The fraction of sp³-hybridized carbons (Fsp3) is 0.647. The zero-order valence-corrected chi connectivity index (χ0v) is 13.6. The molecule has 1 rings (SSSR count). The molecule has 0 aliphatic rings. The van der Waals surface area contributed by atoms with Gasteiger partial charge in [-0.05, 0) is 44.5 Å². The van der Waals surface area contributed by atoms with Crippen LogP contribution in [-0.4, -0.2) is 34.3 Å². The fourth-order valence-electron chi connectivity index (χ4n) is 2.64. The Morgan fingerprint density at radius 3 is 2.25 bits per heavy atom. The van der Waals surface area contributed by atoms with E-state index in [9.17, 15) is 4.79 Å². The average molecular weight is 276 g/mol. The number of likely N-dealkylation sites (N-methyl/N-ethyl adjacent to an activating group) is 1. The Labute approximate surface area is 123 Å². The highest BCUT2D eigenvalue weighted by molar-refractivity contribution is 5.89. The molecule has 0 bridgehead atoms. The number of carbonyl (C=O) groups is 1. The first-order valence-corrected chi connectivity index (χ1v) is 7.73. The van der Waals surface area contributed by atoms with Crippen molar-refractivity contribution in [1.82, 2.24) is 9.88 Å². The van der Waals surface area contributed by atoms with Crippen LogP contribution in [0.5, 0.6) is 0 Å². The number of hydrogen-bond acceptors (Lipinski definition) is 3. The molecule has 1 unspecified atom stereocenters. The lowest BCUT2D eigenvalue weighted by atomic mass is 9.88. The van der Waals surface area contributed by atoms with Crippen LogP contribution in [0, 0.1) is 0 Å². The van der Waals surface area contributed by atoms with E-state index in [1.165, 1.54) is 5.56 Å². The van der Waals surface area contributed by atoms with Crippen LogP contribution in [0.2, 0.25) is 0 Å². The largest absolute Gasteiger partial charge is 0.297 e. The van der Waals surface area contributed by atoms with Gasteiger partial charge in [-0.1, -0.05) is 33.8 Å². The third kappa shape index (κ3) is 3.66. The third-order valence-electron chi connectivity index (χ3n) is 4.39. The van der Waals surface area contributed by atoms with E-state index in [1.54, 1.807) is 0 Å². The first kappa shape index (κ1) is 16.8. The standard InChI is InChI=1S/C17H28N2O/c1-6-14-10-11-15(18-13-14)12-16(20)17(5,7-2)19(8-3)9-4/h10-11,13H,6-9,12H2,1-5H3. The number of rotatable bonds is 8. The molecule has 0 aromatic carbocycles. The van der Waals surface area contributed by atoms with Gasteiger partial charge in [-0.3, -0.25) is 14.7 Å². The van der Waals surface area contributed by atoms with E-state index >= 15 is 0 Å². The highest BCUT2D eigenvalue weighted by Crippen LogP contribution is 2.22. The number of aromatic nitrogens is 1. The highest BCUT2D eigenvalue weighted by Gasteiger charge is 2.35. The van der Waals surface area contributed by atoms with Crippen LogP contribution in [0.15, 0.2) is 18.3 Å². The number of Topliss-reactive ketones (excluding diaryl/α,β-unsaturated/α-hetero) is 1. The Morgan fingerprint density at radius 1 is 1.20 bits per heavy atom. The van der Waals surface area contributed by atoms with E-state index in [4.69, 9.17) is 0 Å². The maximum absolute atomic E-state index is 12.7. The maximum Gasteiger partial charge on any atom is 0.158 e. The lowest BCUT2D eigenvalue weighted by molar-refractivity contribution is -0.129. The van der Waals surface area contributed by atoms with Crippen LogP contribution in [0.3, 0.4) is 0 Å². The predicted molar refractivity (Wildman–Crippen MR) is 83.9 cm³/mol. The minimum absolute atomic E-state index is 0.264. The molecule has 0 N–H and O–H groups in total. The summed E-state index contributed by atoms with van der Waals surface area (Å²) in [5.41, 5.74) is 1.71. The van der Waals surface area contributed by atoms with Crippen LogP contribution < -0.4 is 0 Å². The van der Waals surface area contributed by atoms with Crippen molar-refractivity contribution in [3.05, 3.63) is 29.6 Å². The number of pyridine rings is 1. The second kappa shape index (κ2) is 7.53. The molecule has 0 fully saturated rings. The van der Waals surface area contributed by atoms with Crippen molar-refractivity contribution in [2.75, 3.05) is 13.1 Å². The second-order valence-electron chi connectivity index (χ2n) is 5.41. The van der Waals surface area contributed by atoms with E-state index in [1.807, 2.05) is 12.3 Å². The van der Waals surface area contributed by atoms with Gasteiger partial charge in [0.1, 0.15) is 0 Å². The van der Waals surface area contributed by atoms with Crippen molar-refractivity contribution in [3.63, 3.8) is 0 Å². The Bertz CT molecular complexity index is 423. The Morgan fingerprint density at radius 2 is 1.85 bits per heavy atom. The molecule has 0 radical (unpaired) electrons. The molecule has 0 aliphatic heterocycles. The first-order chi connectivity index (χ1) is 9.51. The molecule has 1 aromatic rings. The van der Waals surface area contributed by atoms with E-state index in [0.717, 1.165) is 31.6 Å². The van der Waals surface area contributed by atoms with Crippen LogP contribution in [0.1, 0.15) is 52.3 Å². The monoisotopic (exact) mass is 276 g/mol. The van der Waals surface area contributed by atoms with Crippen molar-refractivity contribution in [3.8, 4) is 0 Å². The number of ketones is 1. The molecule has 112 valence electrons. The smallest absolute Gasteiger partial charge is 0.158 e. The van der Waals surface area contributed by atoms with Gasteiger partial charge in [-0.25, -0.2) is 0 Å². The lowest BCUT2D eigenvalue weighted by Gasteiger charge is -2.38. The Kier molecular flexibility index (Phi) is 6.34. The quantitative estimate of drug-likeness (QED) is 0.730. The summed E-state index contributed by atoms with van der Waals surface area (Å²) in [5.74, 6) is 0.264. The van der Waals surface area contributed by atoms with Crippen LogP contribution in [0.25, 0.3) is 0 Å². The Balaban J connectivity index is 2.85. The second-order valence-corrected chi connectivity index (χ2v) is 5.41. The predicted octanol–water partition coefficient (Wildman–Crippen LogP) is 3.27. The molecule has 0 amide bonds. The zero-order valence-electron chi connectivity index (χ0n) is 13.6. The fourth-order valence-corrected chi connectivity index (χ4v) is 2.64. The summed E-state index contributed by atoms with van der Waals surface area (Å²) in [4.78, 5) is 19.4. The van der Waals surface area contributed by atoms with Gasteiger partial charge in [0.05, 0.1) is 12.0 Å². The summed E-state index contributed by atoms with van der Waals surface area (Å²) in [6.45, 7) is 12.3. The average Bonchev–Trinajstić information content (AvgIpc) is 2.48. The molecular formula is C17H28N2O. The van der Waals surface area contributed by atoms with E-state index in [0.29, 0.717) is 6.42 Å². The maximum atomic E-state index is 12.7. The molecule has 3 nitrogen and oxygen atoms in total. The third-order valence-corrected chi connectivity index (χ3v) is 4.39. The number of nitrogens with zero attached hydrogens (tertiary/aromatic N) is 2. The molecule has 0 saturated carbocycles. The summed E-state index contributed by atoms with van der Waals surface area (Å²) < 4.78 is 0. The van der Waals surface area contributed by atoms with Gasteiger partial charge in [-0.2, -0.15) is 0 Å². The minimum atomic E-state index is -0.380. The number of carbonyl (C=O) groups excluding carboxylic acids is 1. The van der Waals surface area contributed by atoms with Gasteiger partial charge < -0.3 is 0 Å². The van der Waals surface area contributed by atoms with E-state index in [2.05, 4.69) is 50.6 Å². The summed E-state index contributed by atoms with van der Waals surface area (Å²) >= 11 is 0. The zero-order chi connectivity index (χ0) is 15.2. The van der Waals surface area contributed by atoms with Gasteiger partial charge in [-0.15, -0.1) is 0 Å². The van der Waals surface area contributed by atoms with Gasteiger partial charge in [0.25, 0.3) is 0 Å². The van der Waals surface area contributed by atoms with Crippen LogP contribution in [-0.2, 0) is 17.6 Å². The van der Waals surface area contributed by atoms with Crippen molar-refractivity contribution in [1.29, 1.82) is 0 Å². The van der Waals surface area contributed by atoms with Crippen LogP contribution >= 0.6 is 0 Å². The van der Waals surface area contributed by atoms with E-state index < -0.39 is 0 Å². The van der Waals surface area contributed by atoms with Crippen molar-refractivity contribution >= 4 is 5.78 Å². The number of hydrogen-bond donors (Lipinski definition) is 0. The molecular weight excluding hydrogens is 248 g/mol. The summed E-state index contributed by atoms with van der Waals surface area (Å²) in [5, 5.41) is 0. The Hall–Kier alpha value is -1.22. The van der Waals surface area contributed by atoms with Gasteiger partial charge in [0, 0.05) is 11.9 Å². The summed E-state index contributed by atoms with van der Waals surface area (Å²) in [7, 11) is 0. The topological polar surface area (TPSA) is 33.2 Å². The van der Waals surface area contributed by atoms with Gasteiger partial charge >= 0.3 is 0 Å². The van der Waals surface area contributed by atoms with Crippen molar-refractivity contribution in [2.24, 2.45) is 0 Å². The number of aryl methyl sites for hydroxylation is 1. The molecule has 20 heavy (non-hydrogen) atoms. The highest BCUT2D eigenvalue weighted by atomic mass is 16.1. The molecule has 0 saturated heterocycles. The SMILES string of the molecule is CCc1ccc(CC(=O)C(C)(CC)N(CC)CC)nc1. The molecule has 1 atom stereocenters. The van der Waals surface area contributed by atoms with Crippen LogP contribution in [0.4, 0.5) is 0 Å². The molecule has 3 heteroatoms. The molecule has 0 aliphatic carbocycles. The van der Waals surface area contributed by atoms with Gasteiger partial charge in [0.15, 0.2) is 5.78 Å². The molecule has 1 heterocycles.